The smallest absolute Gasteiger partial charge is 0.200 e. The number of ether oxygens (including phenoxy) is 2. The molecule has 0 spiro atoms. The molecule has 0 amide bonds. The molecular weight excluding hydrogens is 176 g/mol. The van der Waals surface area contributed by atoms with E-state index in [-0.39, 0.29) is 6.29 Å². The van der Waals surface area contributed by atoms with Gasteiger partial charge in [-0.25, -0.2) is 0 Å². The fourth-order valence-electron chi connectivity index (χ4n) is 1.67. The van der Waals surface area contributed by atoms with Gasteiger partial charge in [0.2, 0.25) is 0 Å². The number of hydrogen-bond acceptors (Lipinski definition) is 2. The molecule has 1 atom stereocenters. The maximum atomic E-state index is 5.71. The van der Waals surface area contributed by atoms with E-state index in [1.54, 1.807) is 0 Å². The van der Waals surface area contributed by atoms with Crippen LogP contribution < -0.4 is 4.74 Å². The largest absolute Gasteiger partial charge is 0.465 e. The molecule has 1 aliphatic rings. The van der Waals surface area contributed by atoms with Crippen LogP contribution in [0.15, 0.2) is 24.3 Å². The summed E-state index contributed by atoms with van der Waals surface area (Å²) in [6.45, 7) is 2.89. The standard InChI is InChI=1S/C12H16O2/c1-2-9-13-12-8-7-10-5-3-4-6-11(10)14-12/h3-6,12H,2,7-9H2,1H3. The minimum atomic E-state index is -0.0372. The van der Waals surface area contributed by atoms with Crippen molar-refractivity contribution < 1.29 is 9.47 Å². The van der Waals surface area contributed by atoms with E-state index in [0.717, 1.165) is 31.6 Å². The lowest BCUT2D eigenvalue weighted by Gasteiger charge is -2.25. The number of benzene rings is 1. The van der Waals surface area contributed by atoms with Gasteiger partial charge in [-0.3, -0.25) is 0 Å². The molecule has 2 heteroatoms. The Morgan fingerprint density at radius 1 is 1.43 bits per heavy atom. The molecule has 0 saturated carbocycles. The van der Waals surface area contributed by atoms with Gasteiger partial charge < -0.3 is 9.47 Å². The van der Waals surface area contributed by atoms with Crippen LogP contribution in [0, 0.1) is 0 Å². The zero-order chi connectivity index (χ0) is 9.80. The first-order valence-electron chi connectivity index (χ1n) is 5.26. The summed E-state index contributed by atoms with van der Waals surface area (Å²) >= 11 is 0. The molecule has 0 aliphatic carbocycles. The zero-order valence-corrected chi connectivity index (χ0v) is 8.53. The number of aryl methyl sites for hydroxylation is 1. The molecule has 2 nitrogen and oxygen atoms in total. The highest BCUT2D eigenvalue weighted by atomic mass is 16.7. The molecular formula is C12H16O2. The van der Waals surface area contributed by atoms with Crippen molar-refractivity contribution in [1.82, 2.24) is 0 Å². The van der Waals surface area contributed by atoms with Gasteiger partial charge >= 0.3 is 0 Å². The maximum Gasteiger partial charge on any atom is 0.200 e. The van der Waals surface area contributed by atoms with Gasteiger partial charge in [0, 0.05) is 6.42 Å². The Balaban J connectivity index is 1.99. The number of para-hydroxylation sites is 1. The van der Waals surface area contributed by atoms with Crippen molar-refractivity contribution in [3.8, 4) is 5.75 Å². The van der Waals surface area contributed by atoms with Gasteiger partial charge in [0.15, 0.2) is 6.29 Å². The second-order valence-electron chi connectivity index (χ2n) is 3.56. The predicted molar refractivity (Wildman–Crippen MR) is 55.4 cm³/mol. The third-order valence-corrected chi connectivity index (χ3v) is 2.39. The lowest BCUT2D eigenvalue weighted by atomic mass is 10.1. The third-order valence-electron chi connectivity index (χ3n) is 2.39. The third kappa shape index (κ3) is 2.07. The van der Waals surface area contributed by atoms with E-state index in [2.05, 4.69) is 19.1 Å². The van der Waals surface area contributed by atoms with Crippen LogP contribution in [0.1, 0.15) is 25.3 Å². The van der Waals surface area contributed by atoms with Crippen LogP contribution in [0.5, 0.6) is 5.75 Å². The Kier molecular flexibility index (Phi) is 3.04. The van der Waals surface area contributed by atoms with Crippen LogP contribution in [0.25, 0.3) is 0 Å². The quantitative estimate of drug-likeness (QED) is 0.733. The molecule has 0 fully saturated rings. The minimum absolute atomic E-state index is 0.0372. The minimum Gasteiger partial charge on any atom is -0.465 e. The first-order valence-corrected chi connectivity index (χ1v) is 5.26. The molecule has 1 unspecified atom stereocenters. The van der Waals surface area contributed by atoms with Crippen molar-refractivity contribution in [1.29, 1.82) is 0 Å². The Morgan fingerprint density at radius 3 is 3.14 bits per heavy atom. The molecule has 0 N–H and O–H groups in total. The predicted octanol–water partition coefficient (Wildman–Crippen LogP) is 2.76. The van der Waals surface area contributed by atoms with Gasteiger partial charge in [-0.1, -0.05) is 25.1 Å². The molecule has 2 rings (SSSR count). The van der Waals surface area contributed by atoms with Crippen molar-refractivity contribution in [2.24, 2.45) is 0 Å². The lowest BCUT2D eigenvalue weighted by molar-refractivity contribution is -0.0905. The van der Waals surface area contributed by atoms with E-state index in [0.29, 0.717) is 0 Å². The SMILES string of the molecule is CCCOC1CCc2ccccc2O1. The highest BCUT2D eigenvalue weighted by molar-refractivity contribution is 5.34. The maximum absolute atomic E-state index is 5.71. The van der Waals surface area contributed by atoms with E-state index in [4.69, 9.17) is 9.47 Å². The zero-order valence-electron chi connectivity index (χ0n) is 8.53. The van der Waals surface area contributed by atoms with E-state index < -0.39 is 0 Å². The Bertz CT molecular complexity index is 296. The van der Waals surface area contributed by atoms with E-state index >= 15 is 0 Å². The van der Waals surface area contributed by atoms with Crippen molar-refractivity contribution in [2.75, 3.05) is 6.61 Å². The lowest BCUT2D eigenvalue weighted by Crippen LogP contribution is -2.25. The van der Waals surface area contributed by atoms with Gasteiger partial charge in [-0.15, -0.1) is 0 Å². The van der Waals surface area contributed by atoms with E-state index in [1.165, 1.54) is 5.56 Å². The second-order valence-corrected chi connectivity index (χ2v) is 3.56. The van der Waals surface area contributed by atoms with Gasteiger partial charge in [-0.2, -0.15) is 0 Å². The molecule has 1 aliphatic heterocycles. The summed E-state index contributed by atoms with van der Waals surface area (Å²) in [7, 11) is 0. The Hall–Kier alpha value is -1.02. The Labute approximate surface area is 84.8 Å². The van der Waals surface area contributed by atoms with Crippen molar-refractivity contribution in [3.05, 3.63) is 29.8 Å². The fourth-order valence-corrected chi connectivity index (χ4v) is 1.67. The second kappa shape index (κ2) is 4.47. The fraction of sp³-hybridized carbons (Fsp3) is 0.500. The molecule has 1 aromatic rings. The summed E-state index contributed by atoms with van der Waals surface area (Å²) in [5, 5.41) is 0. The highest BCUT2D eigenvalue weighted by Crippen LogP contribution is 2.27. The van der Waals surface area contributed by atoms with Gasteiger partial charge in [-0.05, 0) is 24.5 Å². The molecule has 1 aromatic carbocycles. The normalized spacial score (nSPS) is 19.9. The average molecular weight is 192 g/mol. The summed E-state index contributed by atoms with van der Waals surface area (Å²) < 4.78 is 11.3. The summed E-state index contributed by atoms with van der Waals surface area (Å²) in [4.78, 5) is 0. The number of rotatable bonds is 3. The van der Waals surface area contributed by atoms with Crippen LogP contribution in [0.3, 0.4) is 0 Å². The van der Waals surface area contributed by atoms with Gasteiger partial charge in [0.25, 0.3) is 0 Å². The summed E-state index contributed by atoms with van der Waals surface area (Å²) in [6, 6.07) is 8.18. The van der Waals surface area contributed by atoms with Crippen LogP contribution in [0.2, 0.25) is 0 Å². The molecule has 0 aromatic heterocycles. The van der Waals surface area contributed by atoms with E-state index in [9.17, 15) is 0 Å². The van der Waals surface area contributed by atoms with Crippen molar-refractivity contribution in [2.45, 2.75) is 32.5 Å². The summed E-state index contributed by atoms with van der Waals surface area (Å²) in [5.74, 6) is 0.986. The van der Waals surface area contributed by atoms with E-state index in [1.807, 2.05) is 12.1 Å². The summed E-state index contributed by atoms with van der Waals surface area (Å²) in [5.41, 5.74) is 1.30. The van der Waals surface area contributed by atoms with Crippen LogP contribution in [-0.2, 0) is 11.2 Å². The van der Waals surface area contributed by atoms with Crippen LogP contribution >= 0.6 is 0 Å². The number of fused-ring (bicyclic) bond motifs is 1. The average Bonchev–Trinajstić information content (AvgIpc) is 2.26. The molecule has 0 saturated heterocycles. The molecule has 0 bridgehead atoms. The van der Waals surface area contributed by atoms with Crippen LogP contribution in [-0.4, -0.2) is 12.9 Å². The first kappa shape index (κ1) is 9.53. The van der Waals surface area contributed by atoms with Gasteiger partial charge in [0.05, 0.1) is 6.61 Å². The molecule has 0 radical (unpaired) electrons. The molecule has 14 heavy (non-hydrogen) atoms. The van der Waals surface area contributed by atoms with Crippen LogP contribution in [0.4, 0.5) is 0 Å². The van der Waals surface area contributed by atoms with Crippen molar-refractivity contribution >= 4 is 0 Å². The monoisotopic (exact) mass is 192 g/mol. The molecule has 1 heterocycles. The Morgan fingerprint density at radius 2 is 2.29 bits per heavy atom. The van der Waals surface area contributed by atoms with Crippen molar-refractivity contribution in [3.63, 3.8) is 0 Å². The summed E-state index contributed by atoms with van der Waals surface area (Å²) in [6.07, 6.45) is 3.04. The number of hydrogen-bond donors (Lipinski definition) is 0. The topological polar surface area (TPSA) is 18.5 Å². The van der Waals surface area contributed by atoms with Gasteiger partial charge in [0.1, 0.15) is 5.75 Å². The first-order chi connectivity index (χ1) is 6.90. The highest BCUT2D eigenvalue weighted by Gasteiger charge is 2.18. The molecule has 76 valence electrons.